The molecule has 3 heterocycles. The van der Waals surface area contributed by atoms with Crippen molar-refractivity contribution in [3.05, 3.63) is 40.6 Å². The number of hydrogen-bond acceptors (Lipinski definition) is 4. The number of benzene rings is 1. The Labute approximate surface area is 162 Å². The first kappa shape index (κ1) is 17.2. The first-order valence-electron chi connectivity index (χ1n) is 9.75. The van der Waals surface area contributed by atoms with Gasteiger partial charge in [0.25, 0.3) is 11.8 Å². The number of aryl methyl sites for hydroxylation is 2. The second-order valence-corrected chi connectivity index (χ2v) is 8.10. The van der Waals surface area contributed by atoms with Gasteiger partial charge < -0.3 is 9.80 Å². The van der Waals surface area contributed by atoms with Gasteiger partial charge in [0.05, 0.1) is 17.6 Å². The van der Waals surface area contributed by atoms with Crippen LogP contribution in [0.3, 0.4) is 0 Å². The molecule has 4 amide bonds. The Morgan fingerprint density at radius 3 is 2.68 bits per heavy atom. The number of fused-ring (bicyclic) bond motifs is 2. The quantitative estimate of drug-likeness (QED) is 0.812. The van der Waals surface area contributed by atoms with E-state index >= 15 is 0 Å². The molecule has 1 aromatic carbocycles. The zero-order valence-corrected chi connectivity index (χ0v) is 16.0. The minimum Gasteiger partial charge on any atom is -0.334 e. The first-order valence-corrected chi connectivity index (χ1v) is 9.75. The summed E-state index contributed by atoms with van der Waals surface area (Å²) in [5.41, 5.74) is 4.67. The Morgan fingerprint density at radius 1 is 1.14 bits per heavy atom. The van der Waals surface area contributed by atoms with Crippen molar-refractivity contribution in [3.63, 3.8) is 0 Å². The number of carbonyl (C=O) groups is 3. The lowest BCUT2D eigenvalue weighted by Crippen LogP contribution is -2.54. The van der Waals surface area contributed by atoms with Crippen molar-refractivity contribution >= 4 is 28.7 Å². The number of amides is 4. The molecule has 5 rings (SSSR count). The van der Waals surface area contributed by atoms with Gasteiger partial charge in [-0.15, -0.1) is 0 Å². The molecule has 1 atom stereocenters. The highest BCUT2D eigenvalue weighted by Crippen LogP contribution is 2.40. The van der Waals surface area contributed by atoms with Gasteiger partial charge in [0.2, 0.25) is 0 Å². The highest BCUT2D eigenvalue weighted by molar-refractivity contribution is 6.08. The lowest BCUT2D eigenvalue weighted by molar-refractivity contribution is -0.122. The topological polar surface area (TPSA) is 82.6 Å². The molecular formula is C21H22N4O3. The van der Waals surface area contributed by atoms with Gasteiger partial charge in [-0.2, -0.15) is 0 Å². The number of nitrogens with zero attached hydrogens (tertiary/aromatic N) is 3. The molecule has 1 saturated carbocycles. The monoisotopic (exact) mass is 378 g/mol. The number of urea groups is 1. The summed E-state index contributed by atoms with van der Waals surface area (Å²) < 4.78 is 0. The van der Waals surface area contributed by atoms with Crippen LogP contribution in [0, 0.1) is 13.8 Å². The lowest BCUT2D eigenvalue weighted by atomic mass is 9.99. The Balaban J connectivity index is 1.56. The number of hydrogen-bond donors (Lipinski definition) is 1. The van der Waals surface area contributed by atoms with Crippen molar-refractivity contribution < 1.29 is 14.4 Å². The van der Waals surface area contributed by atoms with Crippen molar-refractivity contribution in [3.8, 4) is 0 Å². The first-order chi connectivity index (χ1) is 13.4. The fourth-order valence-electron chi connectivity index (χ4n) is 4.33. The minimum absolute atomic E-state index is 0.0916. The van der Waals surface area contributed by atoms with E-state index in [4.69, 9.17) is 4.98 Å². The molecule has 1 N–H and O–H groups in total. The number of pyridine rings is 1. The van der Waals surface area contributed by atoms with E-state index < -0.39 is 6.04 Å². The van der Waals surface area contributed by atoms with Gasteiger partial charge in [0.15, 0.2) is 0 Å². The van der Waals surface area contributed by atoms with E-state index in [1.807, 2.05) is 26.0 Å². The van der Waals surface area contributed by atoms with Crippen molar-refractivity contribution in [1.29, 1.82) is 0 Å². The van der Waals surface area contributed by atoms with Crippen LogP contribution in [-0.4, -0.2) is 58.3 Å². The van der Waals surface area contributed by atoms with E-state index in [2.05, 4.69) is 11.4 Å². The number of carbonyl (C=O) groups excluding carboxylic acids is 3. The molecule has 7 nitrogen and oxygen atoms in total. The number of aromatic nitrogens is 1. The van der Waals surface area contributed by atoms with Crippen LogP contribution >= 0.6 is 0 Å². The van der Waals surface area contributed by atoms with Gasteiger partial charge in [-0.05, 0) is 44.4 Å². The third kappa shape index (κ3) is 2.65. The molecule has 1 unspecified atom stereocenters. The van der Waals surface area contributed by atoms with Crippen molar-refractivity contribution in [2.45, 2.75) is 38.6 Å². The van der Waals surface area contributed by atoms with Gasteiger partial charge >= 0.3 is 6.03 Å². The predicted octanol–water partition coefficient (Wildman–Crippen LogP) is 2.11. The summed E-state index contributed by atoms with van der Waals surface area (Å²) in [6.07, 6.45) is 2.22. The highest BCUT2D eigenvalue weighted by atomic mass is 16.2. The molecule has 1 aromatic heterocycles. The third-order valence-corrected chi connectivity index (χ3v) is 5.96. The van der Waals surface area contributed by atoms with E-state index in [9.17, 15) is 14.4 Å². The van der Waals surface area contributed by atoms with E-state index in [1.54, 1.807) is 4.90 Å². The SMILES string of the molecule is Cc1cc(C)c2nc(C3CC3)cc(C(=O)N3CCN4C(=O)NC(=O)C4C3)c2c1. The molecule has 2 aliphatic heterocycles. The second-order valence-electron chi connectivity index (χ2n) is 8.10. The van der Waals surface area contributed by atoms with Gasteiger partial charge in [0.1, 0.15) is 6.04 Å². The standard InChI is InChI=1S/C21H22N4O3/c1-11-7-12(2)18-14(8-11)15(9-16(22-18)13-3-4-13)20(27)24-5-6-25-17(10-24)19(26)23-21(25)28/h7-9,13,17H,3-6,10H2,1-2H3,(H,23,26,28). The summed E-state index contributed by atoms with van der Waals surface area (Å²) in [4.78, 5) is 45.4. The maximum absolute atomic E-state index is 13.5. The average molecular weight is 378 g/mol. The van der Waals surface area contributed by atoms with Gasteiger partial charge in [-0.1, -0.05) is 11.6 Å². The fraction of sp³-hybridized carbons (Fsp3) is 0.429. The zero-order valence-electron chi connectivity index (χ0n) is 16.0. The van der Waals surface area contributed by atoms with Crippen LogP contribution in [0.15, 0.2) is 18.2 Å². The minimum atomic E-state index is -0.593. The molecular weight excluding hydrogens is 356 g/mol. The summed E-state index contributed by atoms with van der Waals surface area (Å²) in [5, 5.41) is 3.20. The molecule has 28 heavy (non-hydrogen) atoms. The second kappa shape index (κ2) is 6.02. The van der Waals surface area contributed by atoms with Crippen molar-refractivity contribution in [2.75, 3.05) is 19.6 Å². The summed E-state index contributed by atoms with van der Waals surface area (Å²) in [5.74, 6) is 0.0188. The smallest absolute Gasteiger partial charge is 0.324 e. The molecule has 0 spiro atoms. The van der Waals surface area contributed by atoms with Gasteiger partial charge in [0, 0.05) is 30.1 Å². The maximum atomic E-state index is 13.5. The van der Waals surface area contributed by atoms with Crippen LogP contribution in [0.25, 0.3) is 10.9 Å². The molecule has 3 aliphatic rings. The molecule has 0 bridgehead atoms. The number of nitrogens with one attached hydrogen (secondary N) is 1. The van der Waals surface area contributed by atoms with Crippen LogP contribution in [-0.2, 0) is 4.79 Å². The zero-order chi connectivity index (χ0) is 19.6. The van der Waals surface area contributed by atoms with Crippen LogP contribution in [0.1, 0.15) is 45.9 Å². The lowest BCUT2D eigenvalue weighted by Gasteiger charge is -2.35. The van der Waals surface area contributed by atoms with Crippen LogP contribution in [0.2, 0.25) is 0 Å². The predicted molar refractivity (Wildman–Crippen MR) is 103 cm³/mol. The Hall–Kier alpha value is -2.96. The molecule has 3 fully saturated rings. The van der Waals surface area contributed by atoms with E-state index in [0.717, 1.165) is 40.6 Å². The molecule has 2 saturated heterocycles. The fourth-order valence-corrected chi connectivity index (χ4v) is 4.33. The maximum Gasteiger partial charge on any atom is 0.324 e. The Kier molecular flexibility index (Phi) is 3.69. The largest absolute Gasteiger partial charge is 0.334 e. The summed E-state index contributed by atoms with van der Waals surface area (Å²) in [6, 6.07) is 5.09. The van der Waals surface area contributed by atoms with Crippen LogP contribution in [0.5, 0.6) is 0 Å². The summed E-state index contributed by atoms with van der Waals surface area (Å²) >= 11 is 0. The molecule has 1 aliphatic carbocycles. The molecule has 144 valence electrons. The Morgan fingerprint density at radius 2 is 1.93 bits per heavy atom. The van der Waals surface area contributed by atoms with Crippen molar-refractivity contribution in [2.24, 2.45) is 0 Å². The highest BCUT2D eigenvalue weighted by Gasteiger charge is 2.43. The van der Waals surface area contributed by atoms with E-state index in [1.165, 1.54) is 4.90 Å². The van der Waals surface area contributed by atoms with Crippen LogP contribution in [0.4, 0.5) is 4.79 Å². The number of rotatable bonds is 2. The number of piperazine rings is 1. The Bertz CT molecular complexity index is 1040. The van der Waals surface area contributed by atoms with E-state index in [-0.39, 0.29) is 24.4 Å². The van der Waals surface area contributed by atoms with Crippen molar-refractivity contribution in [1.82, 2.24) is 20.1 Å². The number of imide groups is 1. The molecule has 0 radical (unpaired) electrons. The van der Waals surface area contributed by atoms with Gasteiger partial charge in [-0.25, -0.2) is 4.79 Å². The molecule has 2 aromatic rings. The molecule has 7 heteroatoms. The normalized spacial score (nSPS) is 21.9. The summed E-state index contributed by atoms with van der Waals surface area (Å²) in [7, 11) is 0. The average Bonchev–Trinajstić information content (AvgIpc) is 3.47. The van der Waals surface area contributed by atoms with Gasteiger partial charge in [-0.3, -0.25) is 19.9 Å². The van der Waals surface area contributed by atoms with Crippen LogP contribution < -0.4 is 5.32 Å². The van der Waals surface area contributed by atoms with E-state index in [0.29, 0.717) is 24.6 Å². The third-order valence-electron chi connectivity index (χ3n) is 5.96. The summed E-state index contributed by atoms with van der Waals surface area (Å²) in [6.45, 7) is 5.06.